The number of halogens is 2. The van der Waals surface area contributed by atoms with Crippen molar-refractivity contribution >= 4 is 43.5 Å². The van der Waals surface area contributed by atoms with Crippen molar-refractivity contribution in [3.63, 3.8) is 0 Å². The van der Waals surface area contributed by atoms with E-state index in [1.54, 1.807) is 0 Å². The fourth-order valence-corrected chi connectivity index (χ4v) is 2.83. The quantitative estimate of drug-likeness (QED) is 0.845. The van der Waals surface area contributed by atoms with E-state index in [9.17, 15) is 4.79 Å². The number of benzene rings is 2. The largest absolute Gasteiger partial charge is 0.322 e. The van der Waals surface area contributed by atoms with E-state index in [4.69, 9.17) is 5.73 Å². The summed E-state index contributed by atoms with van der Waals surface area (Å²) in [5.74, 6) is -0.251. The molecule has 5 heteroatoms. The molecule has 0 aliphatic carbocycles. The van der Waals surface area contributed by atoms with Gasteiger partial charge in [-0.1, -0.05) is 36.4 Å². The summed E-state index contributed by atoms with van der Waals surface area (Å²) < 4.78 is 1.60. The molecule has 0 heterocycles. The van der Waals surface area contributed by atoms with Gasteiger partial charge < -0.3 is 11.1 Å². The third-order valence-electron chi connectivity index (χ3n) is 2.65. The van der Waals surface area contributed by atoms with E-state index >= 15 is 0 Å². The number of anilines is 1. The summed E-state index contributed by atoms with van der Waals surface area (Å²) in [4.78, 5) is 12.1. The molecule has 0 saturated carbocycles. The second-order valence-corrected chi connectivity index (χ2v) is 5.68. The summed E-state index contributed by atoms with van der Waals surface area (Å²) in [7, 11) is 0. The molecule has 3 N–H and O–H groups in total. The zero-order valence-electron chi connectivity index (χ0n) is 9.94. The van der Waals surface area contributed by atoms with Gasteiger partial charge in [-0.25, -0.2) is 0 Å². The van der Waals surface area contributed by atoms with Crippen LogP contribution in [0, 0.1) is 0 Å². The van der Waals surface area contributed by atoms with E-state index in [1.807, 2.05) is 48.5 Å². The lowest BCUT2D eigenvalue weighted by Gasteiger charge is -2.14. The van der Waals surface area contributed by atoms with E-state index in [2.05, 4.69) is 37.2 Å². The number of nitrogens with two attached hydrogens (primary N) is 1. The van der Waals surface area contributed by atoms with Crippen LogP contribution in [0.2, 0.25) is 0 Å². The monoisotopic (exact) mass is 382 g/mol. The van der Waals surface area contributed by atoms with Crippen molar-refractivity contribution in [1.82, 2.24) is 0 Å². The fourth-order valence-electron chi connectivity index (χ4n) is 1.63. The summed E-state index contributed by atoms with van der Waals surface area (Å²) in [6, 6.07) is 14.2. The van der Waals surface area contributed by atoms with Gasteiger partial charge in [0.25, 0.3) is 0 Å². The van der Waals surface area contributed by atoms with E-state index in [1.165, 1.54) is 0 Å². The van der Waals surface area contributed by atoms with Crippen molar-refractivity contribution in [2.24, 2.45) is 5.73 Å². The van der Waals surface area contributed by atoms with Crippen LogP contribution in [0.4, 0.5) is 5.69 Å². The Bertz CT molecular complexity index is 567. The first-order chi connectivity index (χ1) is 9.09. The number of amides is 1. The summed E-state index contributed by atoms with van der Waals surface area (Å²) in [6.07, 6.45) is 0. The van der Waals surface area contributed by atoms with Crippen molar-refractivity contribution in [3.8, 4) is 0 Å². The summed E-state index contributed by atoms with van der Waals surface area (Å²) in [5.41, 5.74) is 7.40. The minimum absolute atomic E-state index is 0.251. The lowest BCUT2D eigenvalue weighted by molar-refractivity contribution is -0.117. The van der Waals surface area contributed by atoms with Gasteiger partial charge in [0.2, 0.25) is 5.91 Å². The minimum atomic E-state index is -0.694. The van der Waals surface area contributed by atoms with Gasteiger partial charge in [-0.3, -0.25) is 4.79 Å². The molecule has 98 valence electrons. The normalized spacial score (nSPS) is 11.9. The Balaban J connectivity index is 2.18. The Morgan fingerprint density at radius 1 is 1.00 bits per heavy atom. The van der Waals surface area contributed by atoms with Crippen LogP contribution in [-0.4, -0.2) is 5.91 Å². The van der Waals surface area contributed by atoms with Crippen molar-refractivity contribution in [2.75, 3.05) is 5.32 Å². The van der Waals surface area contributed by atoms with Crippen molar-refractivity contribution in [1.29, 1.82) is 0 Å². The Morgan fingerprint density at radius 2 is 1.58 bits per heavy atom. The zero-order chi connectivity index (χ0) is 13.8. The summed E-state index contributed by atoms with van der Waals surface area (Å²) in [5, 5.41) is 2.82. The predicted molar refractivity (Wildman–Crippen MR) is 83.8 cm³/mol. The highest BCUT2D eigenvalue weighted by molar-refractivity contribution is 9.11. The highest BCUT2D eigenvalue weighted by atomic mass is 79.9. The molecule has 0 saturated heterocycles. The molecule has 2 aromatic rings. The topological polar surface area (TPSA) is 55.1 Å². The molecule has 0 aliphatic rings. The van der Waals surface area contributed by atoms with Crippen LogP contribution in [-0.2, 0) is 4.79 Å². The Hall–Kier alpha value is -1.17. The molecule has 2 aromatic carbocycles. The van der Waals surface area contributed by atoms with Crippen LogP contribution in [0.1, 0.15) is 11.6 Å². The first-order valence-electron chi connectivity index (χ1n) is 5.65. The Labute approximate surface area is 128 Å². The van der Waals surface area contributed by atoms with E-state index in [0.29, 0.717) is 5.69 Å². The smallest absolute Gasteiger partial charge is 0.245 e. The molecular formula is C14H12Br2N2O. The van der Waals surface area contributed by atoms with Gasteiger partial charge in [0, 0.05) is 8.95 Å². The molecule has 3 nitrogen and oxygen atoms in total. The maximum Gasteiger partial charge on any atom is 0.245 e. The third-order valence-corrected chi connectivity index (χ3v) is 3.97. The zero-order valence-corrected chi connectivity index (χ0v) is 13.1. The first kappa shape index (κ1) is 14.2. The fraction of sp³-hybridized carbons (Fsp3) is 0.0714. The lowest BCUT2D eigenvalue weighted by Crippen LogP contribution is -2.27. The van der Waals surface area contributed by atoms with E-state index < -0.39 is 6.04 Å². The van der Waals surface area contributed by atoms with Crippen LogP contribution < -0.4 is 11.1 Å². The molecule has 2 rings (SSSR count). The first-order valence-corrected chi connectivity index (χ1v) is 7.23. The predicted octanol–water partition coefficient (Wildman–Crippen LogP) is 3.85. The average Bonchev–Trinajstić information content (AvgIpc) is 2.43. The highest BCUT2D eigenvalue weighted by Crippen LogP contribution is 2.31. The van der Waals surface area contributed by atoms with Gasteiger partial charge in [-0.15, -0.1) is 0 Å². The number of para-hydroxylation sites is 1. The molecule has 0 spiro atoms. The SMILES string of the molecule is NC(C(=O)Nc1c(Br)cccc1Br)c1ccccc1. The Kier molecular flexibility index (Phi) is 4.74. The van der Waals surface area contributed by atoms with E-state index in [-0.39, 0.29) is 5.91 Å². The number of rotatable bonds is 3. The molecular weight excluding hydrogens is 372 g/mol. The van der Waals surface area contributed by atoms with Crippen LogP contribution in [0.5, 0.6) is 0 Å². The van der Waals surface area contributed by atoms with Gasteiger partial charge in [-0.05, 0) is 49.6 Å². The van der Waals surface area contributed by atoms with Crippen molar-refractivity contribution in [3.05, 3.63) is 63.0 Å². The van der Waals surface area contributed by atoms with Gasteiger partial charge in [0.15, 0.2) is 0 Å². The molecule has 0 radical (unpaired) electrons. The second-order valence-electron chi connectivity index (χ2n) is 3.97. The molecule has 0 aliphatic heterocycles. The maximum absolute atomic E-state index is 12.1. The molecule has 0 bridgehead atoms. The third kappa shape index (κ3) is 3.43. The molecule has 1 amide bonds. The number of nitrogens with one attached hydrogen (secondary N) is 1. The lowest BCUT2D eigenvalue weighted by atomic mass is 10.1. The van der Waals surface area contributed by atoms with Gasteiger partial charge >= 0.3 is 0 Å². The van der Waals surface area contributed by atoms with Crippen molar-refractivity contribution in [2.45, 2.75) is 6.04 Å². The van der Waals surface area contributed by atoms with Gasteiger partial charge in [0.1, 0.15) is 6.04 Å². The minimum Gasteiger partial charge on any atom is -0.322 e. The second kappa shape index (κ2) is 6.32. The average molecular weight is 384 g/mol. The van der Waals surface area contributed by atoms with Crippen molar-refractivity contribution < 1.29 is 4.79 Å². The number of hydrogen-bond donors (Lipinski definition) is 2. The standard InChI is InChI=1S/C14H12Br2N2O/c15-10-7-4-8-11(16)13(10)18-14(19)12(17)9-5-2-1-3-6-9/h1-8,12H,17H2,(H,18,19). The Morgan fingerprint density at radius 3 is 2.16 bits per heavy atom. The summed E-state index contributed by atoms with van der Waals surface area (Å²) in [6.45, 7) is 0. The maximum atomic E-state index is 12.1. The van der Waals surface area contributed by atoms with Crippen LogP contribution >= 0.6 is 31.9 Å². The molecule has 1 unspecified atom stereocenters. The number of hydrogen-bond acceptors (Lipinski definition) is 2. The van der Waals surface area contributed by atoms with Crippen LogP contribution in [0.25, 0.3) is 0 Å². The summed E-state index contributed by atoms with van der Waals surface area (Å²) >= 11 is 6.79. The number of carbonyl (C=O) groups is 1. The van der Waals surface area contributed by atoms with E-state index in [0.717, 1.165) is 14.5 Å². The molecule has 0 fully saturated rings. The van der Waals surface area contributed by atoms with Crippen LogP contribution in [0.15, 0.2) is 57.5 Å². The molecule has 1 atom stereocenters. The van der Waals surface area contributed by atoms with Gasteiger partial charge in [-0.2, -0.15) is 0 Å². The molecule has 19 heavy (non-hydrogen) atoms. The highest BCUT2D eigenvalue weighted by Gasteiger charge is 2.17. The number of carbonyl (C=O) groups excluding carboxylic acids is 1. The van der Waals surface area contributed by atoms with Gasteiger partial charge in [0.05, 0.1) is 5.69 Å². The van der Waals surface area contributed by atoms with Crippen LogP contribution in [0.3, 0.4) is 0 Å². The molecule has 0 aromatic heterocycles.